The van der Waals surface area contributed by atoms with Gasteiger partial charge < -0.3 is 14.5 Å². The van der Waals surface area contributed by atoms with Crippen molar-refractivity contribution < 1.29 is 9.15 Å². The van der Waals surface area contributed by atoms with E-state index in [4.69, 9.17) is 9.15 Å². The molecule has 0 unspecified atom stereocenters. The Hall–Kier alpha value is -1.99. The molecule has 1 fully saturated rings. The fraction of sp³-hybridized carbons (Fsp3) is 0.458. The predicted molar refractivity (Wildman–Crippen MR) is 122 cm³/mol. The molecule has 3 aromatic rings. The molecule has 1 N–H and O–H groups in total. The Balaban J connectivity index is 1.56. The fourth-order valence-electron chi connectivity index (χ4n) is 4.28. The molecule has 1 aliphatic heterocycles. The molecule has 160 valence electrons. The monoisotopic (exact) mass is 426 g/mol. The summed E-state index contributed by atoms with van der Waals surface area (Å²) in [6.07, 6.45) is 0. The molecule has 6 heteroatoms. The first-order chi connectivity index (χ1) is 14.5. The molecule has 0 saturated carbocycles. The smallest absolute Gasteiger partial charge is 0.336 e. The number of benzene rings is 1. The van der Waals surface area contributed by atoms with E-state index < -0.39 is 0 Å². The molecule has 0 amide bonds. The largest absolute Gasteiger partial charge is 0.423 e. The van der Waals surface area contributed by atoms with E-state index in [1.807, 2.05) is 6.07 Å². The lowest BCUT2D eigenvalue weighted by molar-refractivity contribution is 0.0168. The molecule has 3 heterocycles. The van der Waals surface area contributed by atoms with Gasteiger partial charge in [0.2, 0.25) is 0 Å². The molecule has 1 aromatic carbocycles. The summed E-state index contributed by atoms with van der Waals surface area (Å²) in [7, 11) is 0. The molecule has 1 aliphatic rings. The van der Waals surface area contributed by atoms with Crippen LogP contribution in [0.2, 0.25) is 0 Å². The number of aryl methyl sites for hydroxylation is 1. The van der Waals surface area contributed by atoms with Gasteiger partial charge in [0.1, 0.15) is 5.58 Å². The van der Waals surface area contributed by atoms with E-state index >= 15 is 0 Å². The van der Waals surface area contributed by atoms with Crippen LogP contribution >= 0.6 is 11.3 Å². The van der Waals surface area contributed by atoms with E-state index in [-0.39, 0.29) is 5.63 Å². The van der Waals surface area contributed by atoms with Crippen LogP contribution in [0.25, 0.3) is 11.0 Å². The number of thiophene rings is 1. The van der Waals surface area contributed by atoms with Crippen molar-refractivity contribution in [1.29, 1.82) is 0 Å². The molecular formula is C24H30N2O3S. The Morgan fingerprint density at radius 1 is 1.20 bits per heavy atom. The molecule has 1 saturated heterocycles. The zero-order valence-corrected chi connectivity index (χ0v) is 18.8. The van der Waals surface area contributed by atoms with Gasteiger partial charge in [-0.25, -0.2) is 4.79 Å². The van der Waals surface area contributed by atoms with Crippen LogP contribution in [0, 0.1) is 6.92 Å². The van der Waals surface area contributed by atoms with Crippen LogP contribution in [0.5, 0.6) is 0 Å². The second kappa shape index (κ2) is 9.43. The number of hydrogen-bond acceptors (Lipinski definition) is 6. The van der Waals surface area contributed by atoms with Gasteiger partial charge in [-0.3, -0.25) is 4.90 Å². The summed E-state index contributed by atoms with van der Waals surface area (Å²) in [5.41, 5.74) is 3.83. The van der Waals surface area contributed by atoms with E-state index in [1.165, 1.54) is 10.4 Å². The number of ether oxygens (including phenoxy) is 1. The topological polar surface area (TPSA) is 54.7 Å². The minimum absolute atomic E-state index is 0.293. The van der Waals surface area contributed by atoms with E-state index in [0.29, 0.717) is 24.1 Å². The van der Waals surface area contributed by atoms with Crippen LogP contribution in [-0.2, 0) is 11.3 Å². The summed E-state index contributed by atoms with van der Waals surface area (Å²) in [5.74, 6) is 0.423. The molecule has 0 aliphatic carbocycles. The normalized spacial score (nSPS) is 16.4. The highest BCUT2D eigenvalue weighted by atomic mass is 32.1. The van der Waals surface area contributed by atoms with Gasteiger partial charge in [-0.2, -0.15) is 0 Å². The summed E-state index contributed by atoms with van der Waals surface area (Å²) >= 11 is 1.80. The Kier molecular flexibility index (Phi) is 6.68. The summed E-state index contributed by atoms with van der Waals surface area (Å²) < 4.78 is 11.0. The van der Waals surface area contributed by atoms with Crippen molar-refractivity contribution in [3.05, 3.63) is 67.7 Å². The van der Waals surface area contributed by atoms with Crippen LogP contribution in [0.3, 0.4) is 0 Å². The third kappa shape index (κ3) is 4.67. The Bertz CT molecular complexity index is 1040. The zero-order valence-electron chi connectivity index (χ0n) is 17.9. The molecule has 0 radical (unpaired) electrons. The highest BCUT2D eigenvalue weighted by Gasteiger charge is 2.23. The first-order valence-electron chi connectivity index (χ1n) is 10.7. The van der Waals surface area contributed by atoms with Crippen molar-refractivity contribution in [3.63, 3.8) is 0 Å². The van der Waals surface area contributed by atoms with Crippen molar-refractivity contribution in [3.8, 4) is 0 Å². The van der Waals surface area contributed by atoms with Crippen molar-refractivity contribution >= 4 is 22.3 Å². The summed E-state index contributed by atoms with van der Waals surface area (Å²) in [6, 6.07) is 10.4. The average Bonchev–Trinajstić information content (AvgIpc) is 3.25. The standard InChI is InChI=1S/C24H30N2O3S/c1-16(2)19-13-20-18(12-24(27)29-22(20)11-17(19)3)14-25-15-21(23-5-4-10-30-23)26-6-8-28-9-7-26/h4-5,10-13,16,21,25H,6-9,14-15H2,1-3H3/t21-/m0/s1. The first-order valence-corrected chi connectivity index (χ1v) is 11.5. The third-order valence-corrected chi connectivity index (χ3v) is 6.82. The van der Waals surface area contributed by atoms with E-state index in [2.05, 4.69) is 54.6 Å². The van der Waals surface area contributed by atoms with Crippen LogP contribution in [0.4, 0.5) is 0 Å². The van der Waals surface area contributed by atoms with Crippen LogP contribution in [0.15, 0.2) is 44.9 Å². The minimum Gasteiger partial charge on any atom is -0.423 e. The molecule has 30 heavy (non-hydrogen) atoms. The van der Waals surface area contributed by atoms with Crippen LogP contribution < -0.4 is 10.9 Å². The Morgan fingerprint density at radius 3 is 2.70 bits per heavy atom. The summed E-state index contributed by atoms with van der Waals surface area (Å²) in [4.78, 5) is 16.0. The lowest BCUT2D eigenvalue weighted by atomic mass is 9.95. The maximum absolute atomic E-state index is 12.2. The van der Waals surface area contributed by atoms with Gasteiger partial charge in [0.15, 0.2) is 0 Å². The maximum Gasteiger partial charge on any atom is 0.336 e. The Morgan fingerprint density at radius 2 is 2.00 bits per heavy atom. The molecule has 2 aromatic heterocycles. The van der Waals surface area contributed by atoms with E-state index in [9.17, 15) is 4.79 Å². The van der Waals surface area contributed by atoms with Crippen molar-refractivity contribution in [2.45, 2.75) is 39.3 Å². The van der Waals surface area contributed by atoms with Crippen molar-refractivity contribution in [1.82, 2.24) is 10.2 Å². The fourth-order valence-corrected chi connectivity index (χ4v) is 5.14. The van der Waals surface area contributed by atoms with Gasteiger partial charge >= 0.3 is 5.63 Å². The Labute approximate surface area is 181 Å². The first kappa shape index (κ1) is 21.2. The predicted octanol–water partition coefficient (Wildman–Crippen LogP) is 4.45. The van der Waals surface area contributed by atoms with Crippen molar-refractivity contribution in [2.24, 2.45) is 0 Å². The molecular weight excluding hydrogens is 396 g/mol. The molecule has 5 nitrogen and oxygen atoms in total. The van der Waals surface area contributed by atoms with Gasteiger partial charge in [0.25, 0.3) is 0 Å². The number of morpholine rings is 1. The maximum atomic E-state index is 12.2. The molecule has 4 rings (SSSR count). The summed E-state index contributed by atoms with van der Waals surface area (Å²) in [6.45, 7) is 11.4. The number of nitrogens with one attached hydrogen (secondary N) is 1. The van der Waals surface area contributed by atoms with Gasteiger partial charge in [-0.15, -0.1) is 11.3 Å². The third-order valence-electron chi connectivity index (χ3n) is 5.85. The minimum atomic E-state index is -0.293. The molecule has 0 spiro atoms. The number of hydrogen-bond donors (Lipinski definition) is 1. The second-order valence-corrected chi connectivity index (χ2v) is 9.24. The number of nitrogens with zero attached hydrogens (tertiary/aromatic N) is 1. The van der Waals surface area contributed by atoms with Crippen LogP contribution in [0.1, 0.15) is 47.4 Å². The summed E-state index contributed by atoms with van der Waals surface area (Å²) in [5, 5.41) is 6.77. The highest BCUT2D eigenvalue weighted by molar-refractivity contribution is 7.10. The van der Waals surface area contributed by atoms with Crippen LogP contribution in [-0.4, -0.2) is 37.7 Å². The van der Waals surface area contributed by atoms with Gasteiger partial charge in [-0.1, -0.05) is 19.9 Å². The second-order valence-electron chi connectivity index (χ2n) is 8.26. The number of fused-ring (bicyclic) bond motifs is 1. The SMILES string of the molecule is Cc1cc2oc(=O)cc(CNC[C@@H](c3cccs3)N3CCOCC3)c2cc1C(C)C. The highest BCUT2D eigenvalue weighted by Crippen LogP contribution is 2.28. The lowest BCUT2D eigenvalue weighted by Gasteiger charge is -2.34. The van der Waals surface area contributed by atoms with E-state index in [1.54, 1.807) is 17.4 Å². The molecule has 0 bridgehead atoms. The molecule has 1 atom stereocenters. The zero-order chi connectivity index (χ0) is 21.1. The number of rotatable bonds is 7. The van der Waals surface area contributed by atoms with Gasteiger partial charge in [-0.05, 0) is 53.1 Å². The van der Waals surface area contributed by atoms with E-state index in [0.717, 1.165) is 49.4 Å². The van der Waals surface area contributed by atoms with Gasteiger partial charge in [0, 0.05) is 42.5 Å². The van der Waals surface area contributed by atoms with Gasteiger partial charge in [0.05, 0.1) is 19.3 Å². The lowest BCUT2D eigenvalue weighted by Crippen LogP contribution is -2.42. The van der Waals surface area contributed by atoms with Crippen molar-refractivity contribution in [2.75, 3.05) is 32.8 Å². The quantitative estimate of drug-likeness (QED) is 0.566. The average molecular weight is 427 g/mol.